The van der Waals surface area contributed by atoms with E-state index in [0.717, 1.165) is 27.1 Å². The number of halogens is 1. The minimum atomic E-state index is -4.65. The number of sulfonamides is 1. The fraction of sp³-hybridized carbons (Fsp3) is 0.235. The second-order valence-electron chi connectivity index (χ2n) is 10.8. The van der Waals surface area contributed by atoms with E-state index in [2.05, 4.69) is 5.32 Å². The maximum Gasteiger partial charge on any atom is 0.273 e. The summed E-state index contributed by atoms with van der Waals surface area (Å²) < 4.78 is 35.0. The number of nitro groups is 1. The van der Waals surface area contributed by atoms with Crippen molar-refractivity contribution in [3.63, 3.8) is 0 Å². The van der Waals surface area contributed by atoms with Gasteiger partial charge in [-0.25, -0.2) is 8.42 Å². The van der Waals surface area contributed by atoms with Crippen molar-refractivity contribution in [2.45, 2.75) is 37.8 Å². The number of nitrogens with one attached hydrogen (secondary N) is 1. The van der Waals surface area contributed by atoms with Gasteiger partial charge in [-0.15, -0.1) is 0 Å². The van der Waals surface area contributed by atoms with E-state index in [4.69, 9.17) is 16.3 Å². The number of anilines is 1. The molecule has 4 rings (SSSR count). The van der Waals surface area contributed by atoms with E-state index in [1.54, 1.807) is 0 Å². The van der Waals surface area contributed by atoms with E-state index in [0.29, 0.717) is 0 Å². The van der Waals surface area contributed by atoms with Crippen LogP contribution in [0.5, 0.6) is 5.75 Å². The van der Waals surface area contributed by atoms with Crippen molar-refractivity contribution < 1.29 is 27.7 Å². The summed E-state index contributed by atoms with van der Waals surface area (Å²) in [6.45, 7) is 2.58. The lowest BCUT2D eigenvalue weighted by Gasteiger charge is -2.34. The van der Waals surface area contributed by atoms with Crippen molar-refractivity contribution in [2.75, 3.05) is 25.0 Å². The molecule has 47 heavy (non-hydrogen) atoms. The normalized spacial score (nSPS) is 11.8. The Labute approximate surface area is 278 Å². The Morgan fingerprint density at radius 3 is 2.28 bits per heavy atom. The topological polar surface area (TPSA) is 139 Å². The molecule has 13 heteroatoms. The van der Waals surface area contributed by atoms with Crippen LogP contribution in [-0.2, 0) is 32.6 Å². The molecule has 0 heterocycles. The van der Waals surface area contributed by atoms with E-state index < -0.39 is 49.9 Å². The molecule has 4 aromatic carbocycles. The van der Waals surface area contributed by atoms with Gasteiger partial charge in [-0.05, 0) is 54.8 Å². The van der Waals surface area contributed by atoms with Crippen LogP contribution in [0, 0.1) is 24.0 Å². The lowest BCUT2D eigenvalue weighted by atomic mass is 10.0. The summed E-state index contributed by atoms with van der Waals surface area (Å²) in [7, 11) is -1.85. The zero-order chi connectivity index (χ0) is 34.3. The number of hydrogen-bond acceptors (Lipinski definition) is 7. The first-order chi connectivity index (χ1) is 22.4. The van der Waals surface area contributed by atoms with Gasteiger partial charge in [0.1, 0.15) is 18.3 Å². The van der Waals surface area contributed by atoms with Crippen molar-refractivity contribution in [1.82, 2.24) is 10.2 Å². The molecule has 0 aliphatic carbocycles. The van der Waals surface area contributed by atoms with Crippen molar-refractivity contribution in [3.8, 4) is 5.75 Å². The van der Waals surface area contributed by atoms with Crippen molar-refractivity contribution in [3.05, 3.63) is 128 Å². The molecular formula is C34H35ClN4O7S. The first-order valence-corrected chi connectivity index (χ1v) is 16.4. The van der Waals surface area contributed by atoms with E-state index in [9.17, 15) is 28.1 Å². The number of nitrogens with zero attached hydrogens (tertiary/aromatic N) is 3. The molecule has 0 spiro atoms. The average molecular weight is 679 g/mol. The number of ether oxygens (including phenoxy) is 1. The van der Waals surface area contributed by atoms with Crippen LogP contribution >= 0.6 is 11.6 Å². The third-order valence-electron chi connectivity index (χ3n) is 7.77. The Morgan fingerprint density at radius 2 is 1.64 bits per heavy atom. The number of aryl methyl sites for hydroxylation is 2. The Bertz CT molecular complexity index is 1890. The SMILES string of the molecule is CNC(=O)C(Cc1ccccc1)N(Cc1ccccc1C)C(=O)CN(c1cc(Cl)ccc1OC)S(=O)(=O)c1ccc(C)c([N+](=O)[O-])c1. The van der Waals surface area contributed by atoms with Gasteiger partial charge in [-0.1, -0.05) is 72.3 Å². The van der Waals surface area contributed by atoms with Gasteiger partial charge in [0.05, 0.1) is 22.6 Å². The second-order valence-corrected chi connectivity index (χ2v) is 13.1. The van der Waals surface area contributed by atoms with E-state index in [-0.39, 0.29) is 35.0 Å². The van der Waals surface area contributed by atoms with Crippen molar-refractivity contribution >= 4 is 44.8 Å². The van der Waals surface area contributed by atoms with Crippen LogP contribution in [-0.4, -0.2) is 56.8 Å². The van der Waals surface area contributed by atoms with Crippen LogP contribution in [0.4, 0.5) is 11.4 Å². The summed E-state index contributed by atoms with van der Waals surface area (Å²) in [6, 6.07) is 23.3. The summed E-state index contributed by atoms with van der Waals surface area (Å²) in [5.74, 6) is -1.06. The lowest BCUT2D eigenvalue weighted by Crippen LogP contribution is -2.53. The maximum absolute atomic E-state index is 14.5. The fourth-order valence-electron chi connectivity index (χ4n) is 5.14. The summed E-state index contributed by atoms with van der Waals surface area (Å²) in [6.07, 6.45) is 0.148. The Balaban J connectivity index is 1.89. The van der Waals surface area contributed by atoms with Crippen molar-refractivity contribution in [1.29, 1.82) is 0 Å². The van der Waals surface area contributed by atoms with E-state index >= 15 is 0 Å². The number of amides is 2. The van der Waals surface area contributed by atoms with Crippen LogP contribution in [0.3, 0.4) is 0 Å². The molecule has 0 saturated heterocycles. The van der Waals surface area contributed by atoms with Gasteiger partial charge in [0.15, 0.2) is 0 Å². The van der Waals surface area contributed by atoms with E-state index in [1.165, 1.54) is 56.3 Å². The molecule has 1 atom stereocenters. The predicted molar refractivity (Wildman–Crippen MR) is 180 cm³/mol. The lowest BCUT2D eigenvalue weighted by molar-refractivity contribution is -0.385. The fourth-order valence-corrected chi connectivity index (χ4v) is 6.74. The number of rotatable bonds is 13. The zero-order valence-corrected chi connectivity index (χ0v) is 27.9. The molecule has 4 aromatic rings. The molecule has 0 aliphatic rings. The number of likely N-dealkylation sites (N-methyl/N-ethyl adjacent to an activating group) is 1. The molecule has 1 unspecified atom stereocenters. The third kappa shape index (κ3) is 8.08. The van der Waals surface area contributed by atoms with E-state index in [1.807, 2.05) is 61.5 Å². The Kier molecular flexibility index (Phi) is 11.2. The first kappa shape index (κ1) is 34.9. The first-order valence-electron chi connectivity index (χ1n) is 14.6. The third-order valence-corrected chi connectivity index (χ3v) is 9.76. The molecule has 0 aromatic heterocycles. The minimum Gasteiger partial charge on any atom is -0.495 e. The van der Waals surface area contributed by atoms with Crippen LogP contribution in [0.2, 0.25) is 5.02 Å². The molecule has 11 nitrogen and oxygen atoms in total. The van der Waals surface area contributed by atoms with Gasteiger partial charge >= 0.3 is 0 Å². The minimum absolute atomic E-state index is 0.00695. The molecule has 1 N–H and O–H groups in total. The number of carbonyl (C=O) groups excluding carboxylic acids is 2. The number of methoxy groups -OCH3 is 1. The molecular weight excluding hydrogens is 644 g/mol. The second kappa shape index (κ2) is 15.1. The quantitative estimate of drug-likeness (QED) is 0.146. The monoisotopic (exact) mass is 678 g/mol. The highest BCUT2D eigenvalue weighted by Gasteiger charge is 2.36. The number of carbonyl (C=O) groups is 2. The molecule has 0 saturated carbocycles. The highest BCUT2D eigenvalue weighted by molar-refractivity contribution is 7.92. The van der Waals surface area contributed by atoms with Gasteiger partial charge in [-0.3, -0.25) is 24.0 Å². The summed E-state index contributed by atoms with van der Waals surface area (Å²) >= 11 is 6.31. The zero-order valence-electron chi connectivity index (χ0n) is 26.3. The predicted octanol–water partition coefficient (Wildman–Crippen LogP) is 5.46. The largest absolute Gasteiger partial charge is 0.495 e. The summed E-state index contributed by atoms with van der Waals surface area (Å²) in [4.78, 5) is 40.0. The van der Waals surface area contributed by atoms with Crippen LogP contribution in [0.25, 0.3) is 0 Å². The molecule has 0 bridgehead atoms. The highest BCUT2D eigenvalue weighted by Crippen LogP contribution is 2.36. The van der Waals surface area contributed by atoms with Crippen LogP contribution in [0.1, 0.15) is 22.3 Å². The number of benzene rings is 4. The molecule has 0 fully saturated rings. The molecule has 246 valence electrons. The Morgan fingerprint density at radius 1 is 0.957 bits per heavy atom. The van der Waals surface area contributed by atoms with Gasteiger partial charge in [0.25, 0.3) is 15.7 Å². The highest BCUT2D eigenvalue weighted by atomic mass is 35.5. The maximum atomic E-state index is 14.5. The summed E-state index contributed by atoms with van der Waals surface area (Å²) in [5.41, 5.74) is 2.21. The van der Waals surface area contributed by atoms with Crippen LogP contribution < -0.4 is 14.4 Å². The van der Waals surface area contributed by atoms with Gasteiger partial charge in [0.2, 0.25) is 11.8 Å². The Hall–Kier alpha value is -4.94. The van der Waals surface area contributed by atoms with Gasteiger partial charge < -0.3 is 15.0 Å². The van der Waals surface area contributed by atoms with Crippen LogP contribution in [0.15, 0.2) is 95.9 Å². The van der Waals surface area contributed by atoms with Gasteiger partial charge in [0, 0.05) is 36.7 Å². The average Bonchev–Trinajstić information content (AvgIpc) is 3.05. The van der Waals surface area contributed by atoms with Gasteiger partial charge in [-0.2, -0.15) is 0 Å². The molecule has 2 amide bonds. The smallest absolute Gasteiger partial charge is 0.273 e. The standard InChI is InChI=1S/C34H35ClN4O7S/c1-23-10-8-9-13-26(23)21-37(31(34(41)36-3)18-25-11-6-5-7-12-25)33(40)22-38(30-19-27(35)15-17-32(30)46-4)47(44,45)28-16-14-24(2)29(20-28)39(42)43/h5-17,19-20,31H,18,21-22H2,1-4H3,(H,36,41). The number of nitro benzene ring substituents is 1. The molecule has 0 aliphatic heterocycles. The molecule has 0 radical (unpaired) electrons. The van der Waals surface area contributed by atoms with Crippen molar-refractivity contribution in [2.24, 2.45) is 0 Å². The number of hydrogen-bond donors (Lipinski definition) is 1. The summed E-state index contributed by atoms with van der Waals surface area (Å²) in [5, 5.41) is 14.5.